The second kappa shape index (κ2) is 3.66. The average Bonchev–Trinajstić information content (AvgIpc) is 2.24. The molecule has 3 atom stereocenters. The summed E-state index contributed by atoms with van der Waals surface area (Å²) in [5, 5.41) is 9.08. The van der Waals surface area contributed by atoms with Crippen molar-refractivity contribution in [3.8, 4) is 0 Å². The van der Waals surface area contributed by atoms with E-state index in [1.807, 2.05) is 14.0 Å². The molecule has 0 saturated carbocycles. The van der Waals surface area contributed by atoms with E-state index in [2.05, 4.69) is 13.8 Å². The van der Waals surface area contributed by atoms with E-state index in [9.17, 15) is 4.79 Å². The Labute approximate surface area is 79.7 Å². The van der Waals surface area contributed by atoms with Gasteiger partial charge in [-0.3, -0.25) is 4.79 Å². The number of hydrogen-bond acceptors (Lipinski definition) is 2. The topological polar surface area (TPSA) is 40.5 Å². The molecule has 1 saturated heterocycles. The molecule has 1 heterocycles. The third kappa shape index (κ3) is 1.57. The highest BCUT2D eigenvalue weighted by molar-refractivity contribution is 5.81. The summed E-state index contributed by atoms with van der Waals surface area (Å²) >= 11 is 0. The Morgan fingerprint density at radius 3 is 2.31 bits per heavy atom. The maximum absolute atomic E-state index is 11.6. The Hall–Kier alpha value is -0.570. The first-order valence-corrected chi connectivity index (χ1v) is 4.88. The quantitative estimate of drug-likeness (QED) is 0.689. The largest absolute Gasteiger partial charge is 0.396 e. The monoisotopic (exact) mass is 185 g/mol. The van der Waals surface area contributed by atoms with Gasteiger partial charge in [-0.2, -0.15) is 0 Å². The molecule has 0 aromatic carbocycles. The van der Waals surface area contributed by atoms with Gasteiger partial charge in [-0.15, -0.1) is 0 Å². The summed E-state index contributed by atoms with van der Waals surface area (Å²) in [6.45, 7) is 6.26. The molecule has 3 heteroatoms. The van der Waals surface area contributed by atoms with Gasteiger partial charge >= 0.3 is 0 Å². The molecule has 3 nitrogen and oxygen atoms in total. The Kier molecular flexibility index (Phi) is 2.96. The maximum Gasteiger partial charge on any atom is 0.228 e. The van der Waals surface area contributed by atoms with Crippen molar-refractivity contribution in [1.82, 2.24) is 4.90 Å². The number of aliphatic hydroxyl groups is 1. The van der Waals surface area contributed by atoms with E-state index in [1.54, 1.807) is 4.90 Å². The number of carbonyl (C=O) groups excluding carboxylic acids is 1. The lowest BCUT2D eigenvalue weighted by Gasteiger charge is -2.26. The molecule has 1 fully saturated rings. The van der Waals surface area contributed by atoms with Crippen LogP contribution >= 0.6 is 0 Å². The minimum absolute atomic E-state index is 0.0203. The highest BCUT2D eigenvalue weighted by Gasteiger charge is 2.44. The molecule has 76 valence electrons. The second-order valence-corrected chi connectivity index (χ2v) is 4.33. The Bertz CT molecular complexity index is 203. The zero-order chi connectivity index (χ0) is 10.2. The lowest BCUT2D eigenvalue weighted by atomic mass is 9.87. The standard InChI is InChI=1S/C10H19NO2/c1-6(2)9-7(3)8(5-12)10(13)11(9)4/h6-9,12H,5H2,1-4H3/t7-,8-,9-/m1/s1. The fourth-order valence-corrected chi connectivity index (χ4v) is 2.52. The van der Waals surface area contributed by atoms with Crippen LogP contribution in [0.4, 0.5) is 0 Å². The highest BCUT2D eigenvalue weighted by atomic mass is 16.3. The van der Waals surface area contributed by atoms with Crippen LogP contribution in [-0.4, -0.2) is 35.6 Å². The lowest BCUT2D eigenvalue weighted by Crippen LogP contribution is -2.35. The molecule has 1 rings (SSSR count). The maximum atomic E-state index is 11.6. The van der Waals surface area contributed by atoms with E-state index in [4.69, 9.17) is 5.11 Å². The third-order valence-corrected chi connectivity index (χ3v) is 3.17. The van der Waals surface area contributed by atoms with E-state index < -0.39 is 0 Å². The fourth-order valence-electron chi connectivity index (χ4n) is 2.52. The normalized spacial score (nSPS) is 34.8. The van der Waals surface area contributed by atoms with Gasteiger partial charge in [-0.25, -0.2) is 0 Å². The van der Waals surface area contributed by atoms with E-state index in [0.29, 0.717) is 5.92 Å². The Balaban J connectivity index is 2.84. The highest BCUT2D eigenvalue weighted by Crippen LogP contribution is 2.33. The molecule has 0 unspecified atom stereocenters. The number of rotatable bonds is 2. The van der Waals surface area contributed by atoms with Crippen LogP contribution in [-0.2, 0) is 4.79 Å². The van der Waals surface area contributed by atoms with Crippen molar-refractivity contribution in [2.75, 3.05) is 13.7 Å². The van der Waals surface area contributed by atoms with Gasteiger partial charge in [0, 0.05) is 13.1 Å². The van der Waals surface area contributed by atoms with E-state index in [-0.39, 0.29) is 30.4 Å². The van der Waals surface area contributed by atoms with Gasteiger partial charge in [0.2, 0.25) is 5.91 Å². The summed E-state index contributed by atoms with van der Waals surface area (Å²) in [5.74, 6) is 0.633. The van der Waals surface area contributed by atoms with Crippen LogP contribution in [0.2, 0.25) is 0 Å². The average molecular weight is 185 g/mol. The van der Waals surface area contributed by atoms with E-state index in [0.717, 1.165) is 0 Å². The van der Waals surface area contributed by atoms with Crippen molar-refractivity contribution < 1.29 is 9.90 Å². The smallest absolute Gasteiger partial charge is 0.228 e. The molecule has 0 bridgehead atoms. The molecular formula is C10H19NO2. The molecule has 1 N–H and O–H groups in total. The van der Waals surface area contributed by atoms with Crippen LogP contribution < -0.4 is 0 Å². The zero-order valence-electron chi connectivity index (χ0n) is 8.82. The predicted octanol–water partition coefficient (Wildman–Crippen LogP) is 0.728. The van der Waals surface area contributed by atoms with E-state index in [1.165, 1.54) is 0 Å². The number of aliphatic hydroxyl groups excluding tert-OH is 1. The summed E-state index contributed by atoms with van der Waals surface area (Å²) in [5.41, 5.74) is 0. The summed E-state index contributed by atoms with van der Waals surface area (Å²) in [6.07, 6.45) is 0. The third-order valence-electron chi connectivity index (χ3n) is 3.17. The van der Waals surface area contributed by atoms with Crippen LogP contribution in [0.5, 0.6) is 0 Å². The minimum Gasteiger partial charge on any atom is -0.396 e. The number of hydrogen-bond donors (Lipinski definition) is 1. The molecule has 1 amide bonds. The number of likely N-dealkylation sites (tertiary alicyclic amines) is 1. The molecule has 13 heavy (non-hydrogen) atoms. The van der Waals surface area contributed by atoms with Gasteiger partial charge in [0.05, 0.1) is 12.5 Å². The first-order valence-electron chi connectivity index (χ1n) is 4.88. The van der Waals surface area contributed by atoms with Gasteiger partial charge in [-0.05, 0) is 11.8 Å². The molecule has 1 aliphatic heterocycles. The van der Waals surface area contributed by atoms with Gasteiger partial charge in [0.15, 0.2) is 0 Å². The molecule has 1 aliphatic rings. The van der Waals surface area contributed by atoms with Crippen molar-refractivity contribution in [2.24, 2.45) is 17.8 Å². The predicted molar refractivity (Wildman–Crippen MR) is 51.1 cm³/mol. The lowest BCUT2D eigenvalue weighted by molar-refractivity contribution is -0.132. The molecule has 0 spiro atoms. The van der Waals surface area contributed by atoms with Gasteiger partial charge in [-0.1, -0.05) is 20.8 Å². The summed E-state index contributed by atoms with van der Waals surface area (Å²) in [7, 11) is 1.83. The number of carbonyl (C=O) groups is 1. The first-order chi connectivity index (χ1) is 6.00. The van der Waals surface area contributed by atoms with Crippen molar-refractivity contribution in [3.05, 3.63) is 0 Å². The summed E-state index contributed by atoms with van der Waals surface area (Å²) in [6, 6.07) is 0.282. The van der Waals surface area contributed by atoms with Gasteiger partial charge < -0.3 is 10.0 Å². The molecule has 0 aromatic heterocycles. The SMILES string of the molecule is CC(C)[C@@H]1[C@H](C)[C@@H](CO)C(=O)N1C. The van der Waals surface area contributed by atoms with Crippen LogP contribution in [0.1, 0.15) is 20.8 Å². The fraction of sp³-hybridized carbons (Fsp3) is 0.900. The summed E-state index contributed by atoms with van der Waals surface area (Å²) < 4.78 is 0. The Morgan fingerprint density at radius 2 is 2.08 bits per heavy atom. The molecule has 0 radical (unpaired) electrons. The van der Waals surface area contributed by atoms with Crippen LogP contribution in [0.25, 0.3) is 0 Å². The molecule has 0 aromatic rings. The van der Waals surface area contributed by atoms with Crippen molar-refractivity contribution in [2.45, 2.75) is 26.8 Å². The van der Waals surface area contributed by atoms with Gasteiger partial charge in [0.25, 0.3) is 0 Å². The minimum atomic E-state index is -0.183. The summed E-state index contributed by atoms with van der Waals surface area (Å²) in [4.78, 5) is 13.4. The van der Waals surface area contributed by atoms with Crippen LogP contribution in [0.3, 0.4) is 0 Å². The molecular weight excluding hydrogens is 166 g/mol. The second-order valence-electron chi connectivity index (χ2n) is 4.33. The van der Waals surface area contributed by atoms with Crippen molar-refractivity contribution in [3.63, 3.8) is 0 Å². The van der Waals surface area contributed by atoms with Crippen molar-refractivity contribution >= 4 is 5.91 Å². The first kappa shape index (κ1) is 10.5. The zero-order valence-corrected chi connectivity index (χ0v) is 8.82. The number of nitrogens with zero attached hydrogens (tertiary/aromatic N) is 1. The van der Waals surface area contributed by atoms with E-state index >= 15 is 0 Å². The number of amides is 1. The van der Waals surface area contributed by atoms with Crippen LogP contribution in [0, 0.1) is 17.8 Å². The van der Waals surface area contributed by atoms with Crippen LogP contribution in [0.15, 0.2) is 0 Å². The molecule has 0 aliphatic carbocycles. The van der Waals surface area contributed by atoms with Crippen molar-refractivity contribution in [1.29, 1.82) is 0 Å². The Morgan fingerprint density at radius 1 is 1.54 bits per heavy atom. The van der Waals surface area contributed by atoms with Gasteiger partial charge in [0.1, 0.15) is 0 Å².